The lowest BCUT2D eigenvalue weighted by Crippen LogP contribution is -2.35. The Balaban J connectivity index is 1.41. The van der Waals surface area contributed by atoms with Crippen LogP contribution in [0.25, 0.3) is 6.08 Å². The maximum Gasteiger partial charge on any atom is 0.283 e. The first-order valence-corrected chi connectivity index (χ1v) is 10.0. The molecule has 2 aromatic carbocycles. The summed E-state index contributed by atoms with van der Waals surface area (Å²) >= 11 is 7.63. The maximum atomic E-state index is 12.3. The van der Waals surface area contributed by atoms with Crippen LogP contribution in [0.2, 0.25) is 5.02 Å². The normalized spacial score (nSPS) is 16.8. The van der Waals surface area contributed by atoms with Gasteiger partial charge in [0.15, 0.2) is 5.17 Å². The van der Waals surface area contributed by atoms with Crippen molar-refractivity contribution >= 4 is 46.3 Å². The first-order chi connectivity index (χ1) is 14.1. The van der Waals surface area contributed by atoms with E-state index in [-0.39, 0.29) is 11.4 Å². The van der Waals surface area contributed by atoms with E-state index >= 15 is 0 Å². The monoisotopic (exact) mass is 425 g/mol. The second-order valence-electron chi connectivity index (χ2n) is 6.08. The van der Waals surface area contributed by atoms with E-state index in [2.05, 4.69) is 4.99 Å². The molecule has 6 nitrogen and oxygen atoms in total. The minimum Gasteiger partial charge on any atom is -0.490 e. The summed E-state index contributed by atoms with van der Waals surface area (Å²) in [6, 6.07) is 14.7. The van der Waals surface area contributed by atoms with Crippen LogP contribution in [0, 0.1) is 5.41 Å². The fourth-order valence-corrected chi connectivity index (χ4v) is 3.70. The number of nitrogens with one attached hydrogen (secondary N) is 1. The minimum atomic E-state index is -0.438. The second-order valence-corrected chi connectivity index (χ2v) is 7.36. The van der Waals surface area contributed by atoms with Crippen LogP contribution in [0.3, 0.4) is 0 Å². The first-order valence-electron chi connectivity index (χ1n) is 8.78. The largest absolute Gasteiger partial charge is 0.490 e. The van der Waals surface area contributed by atoms with Crippen LogP contribution < -0.4 is 9.47 Å². The maximum absolute atomic E-state index is 12.3. The summed E-state index contributed by atoms with van der Waals surface area (Å²) in [5.74, 6) is 0.957. The summed E-state index contributed by atoms with van der Waals surface area (Å²) in [5.41, 5.74) is 0.896. The molecule has 0 aliphatic carbocycles. The van der Waals surface area contributed by atoms with Crippen LogP contribution in [0.15, 0.2) is 70.7 Å². The van der Waals surface area contributed by atoms with E-state index in [1.807, 2.05) is 30.3 Å². The van der Waals surface area contributed by atoms with E-state index in [1.165, 1.54) is 11.8 Å². The molecule has 29 heavy (non-hydrogen) atoms. The standard InChI is InChI=1S/C21H16ClN3O3S/c22-17-13-14(12-16-19(23)25-8-11-29-21(25)24-20(16)26)6-7-18(17)28-10-9-27-15-4-2-1-3-5-15/h1-8,11-13,23H,9-10H2/b16-12-,23-19?. The van der Waals surface area contributed by atoms with Crippen molar-refractivity contribution in [1.82, 2.24) is 4.90 Å². The van der Waals surface area contributed by atoms with Crippen molar-refractivity contribution < 1.29 is 14.3 Å². The van der Waals surface area contributed by atoms with Gasteiger partial charge in [0.1, 0.15) is 30.5 Å². The Bertz CT molecular complexity index is 1050. The zero-order valence-corrected chi connectivity index (χ0v) is 16.7. The van der Waals surface area contributed by atoms with Crippen molar-refractivity contribution in [1.29, 1.82) is 5.41 Å². The summed E-state index contributed by atoms with van der Waals surface area (Å²) < 4.78 is 11.3. The zero-order valence-electron chi connectivity index (χ0n) is 15.2. The van der Waals surface area contributed by atoms with Gasteiger partial charge in [0.25, 0.3) is 5.91 Å². The molecule has 0 bridgehead atoms. The number of hydrogen-bond donors (Lipinski definition) is 1. The third kappa shape index (κ3) is 4.36. The molecule has 8 heteroatoms. The van der Waals surface area contributed by atoms with Gasteiger partial charge in [-0.1, -0.05) is 47.6 Å². The fraction of sp³-hybridized carbons (Fsp3) is 0.0952. The summed E-state index contributed by atoms with van der Waals surface area (Å²) in [7, 11) is 0. The Morgan fingerprint density at radius 2 is 1.93 bits per heavy atom. The number of carbonyl (C=O) groups excluding carboxylic acids is 1. The lowest BCUT2D eigenvalue weighted by Gasteiger charge is -2.22. The minimum absolute atomic E-state index is 0.0933. The number of hydrogen-bond acceptors (Lipinski definition) is 5. The van der Waals surface area contributed by atoms with Gasteiger partial charge in [-0.05, 0) is 41.3 Å². The molecule has 0 aromatic heterocycles. The van der Waals surface area contributed by atoms with Gasteiger partial charge in [0.2, 0.25) is 0 Å². The third-order valence-corrected chi connectivity index (χ3v) is 5.18. The molecule has 0 radical (unpaired) electrons. The van der Waals surface area contributed by atoms with Crippen LogP contribution in [0.1, 0.15) is 5.56 Å². The fourth-order valence-electron chi connectivity index (χ4n) is 2.75. The topological polar surface area (TPSA) is 75.0 Å². The molecule has 2 heterocycles. The van der Waals surface area contributed by atoms with Crippen molar-refractivity contribution in [3.05, 3.63) is 76.3 Å². The molecule has 0 spiro atoms. The van der Waals surface area contributed by atoms with Gasteiger partial charge in [-0.25, -0.2) is 0 Å². The number of nitrogens with zero attached hydrogens (tertiary/aromatic N) is 2. The molecule has 4 rings (SSSR count). The molecule has 0 unspecified atom stereocenters. The van der Waals surface area contributed by atoms with Crippen LogP contribution in [-0.4, -0.2) is 35.0 Å². The predicted molar refractivity (Wildman–Crippen MR) is 116 cm³/mol. The average molecular weight is 426 g/mol. The molecular formula is C21H16ClN3O3S. The summed E-state index contributed by atoms with van der Waals surface area (Å²) in [4.78, 5) is 17.8. The number of amides is 1. The number of para-hydroxylation sites is 1. The van der Waals surface area contributed by atoms with E-state index in [0.29, 0.717) is 34.7 Å². The van der Waals surface area contributed by atoms with Crippen LogP contribution >= 0.6 is 23.4 Å². The third-order valence-electron chi connectivity index (χ3n) is 4.13. The van der Waals surface area contributed by atoms with Crippen LogP contribution in [0.5, 0.6) is 11.5 Å². The van der Waals surface area contributed by atoms with Crippen molar-refractivity contribution in [2.24, 2.45) is 4.99 Å². The van der Waals surface area contributed by atoms with Crippen molar-refractivity contribution in [2.75, 3.05) is 13.2 Å². The van der Waals surface area contributed by atoms with Gasteiger partial charge in [-0.2, -0.15) is 4.99 Å². The Hall–Kier alpha value is -3.03. The molecule has 2 aromatic rings. The highest BCUT2D eigenvalue weighted by Gasteiger charge is 2.30. The molecule has 0 saturated carbocycles. The van der Waals surface area contributed by atoms with Gasteiger partial charge < -0.3 is 9.47 Å². The number of halogens is 1. The Kier molecular flexibility index (Phi) is 5.69. The second kappa shape index (κ2) is 8.55. The quantitative estimate of drug-likeness (QED) is 0.541. The number of fused-ring (bicyclic) bond motifs is 1. The molecule has 0 saturated heterocycles. The van der Waals surface area contributed by atoms with E-state index in [0.717, 1.165) is 5.75 Å². The predicted octanol–water partition coefficient (Wildman–Crippen LogP) is 4.57. The van der Waals surface area contributed by atoms with Gasteiger partial charge in [-0.15, -0.1) is 0 Å². The van der Waals surface area contributed by atoms with Gasteiger partial charge in [0.05, 0.1) is 10.6 Å². The highest BCUT2D eigenvalue weighted by molar-refractivity contribution is 8.16. The lowest BCUT2D eigenvalue weighted by atomic mass is 10.1. The number of benzene rings is 2. The zero-order chi connectivity index (χ0) is 20.2. The summed E-state index contributed by atoms with van der Waals surface area (Å²) in [5, 5.41) is 10.9. The molecule has 0 fully saturated rings. The Labute approximate surface area is 177 Å². The number of amidine groups is 2. The van der Waals surface area contributed by atoms with E-state index < -0.39 is 5.91 Å². The van der Waals surface area contributed by atoms with Gasteiger partial charge in [-0.3, -0.25) is 15.1 Å². The van der Waals surface area contributed by atoms with Crippen LogP contribution in [-0.2, 0) is 4.79 Å². The molecule has 146 valence electrons. The van der Waals surface area contributed by atoms with E-state index in [9.17, 15) is 4.79 Å². The van der Waals surface area contributed by atoms with Crippen LogP contribution in [0.4, 0.5) is 0 Å². The van der Waals surface area contributed by atoms with E-state index in [4.69, 9.17) is 26.5 Å². The van der Waals surface area contributed by atoms with Crippen molar-refractivity contribution in [3.63, 3.8) is 0 Å². The average Bonchev–Trinajstić information content (AvgIpc) is 3.19. The van der Waals surface area contributed by atoms with Gasteiger partial charge in [0, 0.05) is 6.20 Å². The molecule has 0 atom stereocenters. The van der Waals surface area contributed by atoms with Crippen molar-refractivity contribution in [2.45, 2.75) is 0 Å². The Morgan fingerprint density at radius 1 is 1.14 bits per heavy atom. The smallest absolute Gasteiger partial charge is 0.283 e. The van der Waals surface area contributed by atoms with E-state index in [1.54, 1.807) is 40.8 Å². The van der Waals surface area contributed by atoms with Crippen molar-refractivity contribution in [3.8, 4) is 11.5 Å². The number of aliphatic imine (C=N–C) groups is 1. The summed E-state index contributed by atoms with van der Waals surface area (Å²) in [6.07, 6.45) is 3.32. The number of thioether (sulfide) groups is 1. The summed E-state index contributed by atoms with van der Waals surface area (Å²) in [6.45, 7) is 0.730. The molecule has 1 amide bonds. The first kappa shape index (κ1) is 19.3. The highest BCUT2D eigenvalue weighted by Crippen LogP contribution is 2.29. The highest BCUT2D eigenvalue weighted by atomic mass is 35.5. The Morgan fingerprint density at radius 3 is 2.72 bits per heavy atom. The molecule has 2 aliphatic rings. The molecule has 1 N–H and O–H groups in total. The molecule has 2 aliphatic heterocycles. The molecular weight excluding hydrogens is 410 g/mol. The van der Waals surface area contributed by atoms with Gasteiger partial charge >= 0.3 is 0 Å². The lowest BCUT2D eigenvalue weighted by molar-refractivity contribution is -0.114. The SMILES string of the molecule is N=C1/C(=C/c2ccc(OCCOc3ccccc3)c(Cl)c2)C(=O)N=C2SC=CN12. The number of ether oxygens (including phenoxy) is 2. The number of carbonyl (C=O) groups is 1. The number of rotatable bonds is 6.